The minimum atomic E-state index is -1.18. The van der Waals surface area contributed by atoms with Gasteiger partial charge in [-0.25, -0.2) is 9.36 Å². The molecule has 0 spiro atoms. The van der Waals surface area contributed by atoms with Crippen LogP contribution >= 0.6 is 12.0 Å². The Morgan fingerprint density at radius 2 is 1.70 bits per heavy atom. The first kappa shape index (κ1) is 35.8. The van der Waals surface area contributed by atoms with Gasteiger partial charge in [-0.15, -0.1) is 15.3 Å². The molecule has 0 atom stereocenters. The van der Waals surface area contributed by atoms with E-state index in [2.05, 4.69) is 34.8 Å². The Morgan fingerprint density at radius 3 is 2.42 bits per heavy atom. The molecule has 0 saturated carbocycles. The van der Waals surface area contributed by atoms with Crippen LogP contribution in [0.25, 0.3) is 27.4 Å². The topological polar surface area (TPSA) is 227 Å². The summed E-state index contributed by atoms with van der Waals surface area (Å²) in [5, 5.41) is 73.6. The Morgan fingerprint density at radius 1 is 0.960 bits per heavy atom. The molecule has 242 valence electrons. The van der Waals surface area contributed by atoms with E-state index in [1.807, 2.05) is 18.2 Å². The standard InChI is InChI=1S/C33H21N7O8S.Na/c1-17-24(16-34)31(42)40(22-11-8-19(9-12-22)33(44)45)32(43)27(17)38-36-21-10-7-20-14-26(49-48-47-46)29(30(41)23(20)15-21)39-37-25-6-2-4-18-5-3-13-35-28(18)25;/h2-15,41-42,46H,1H3,(H,44,45);/q;+1/p-1. The summed E-state index contributed by atoms with van der Waals surface area (Å²) in [6.45, 7) is 1.42. The minimum Gasteiger partial charge on any atom is -0.691 e. The van der Waals surface area contributed by atoms with Crippen LogP contribution in [0.5, 0.6) is 11.6 Å². The fourth-order valence-electron chi connectivity index (χ4n) is 4.99. The van der Waals surface area contributed by atoms with Crippen LogP contribution in [0.1, 0.15) is 21.5 Å². The number of fused-ring (bicyclic) bond motifs is 2. The average Bonchev–Trinajstić information content (AvgIpc) is 3.11. The second-order valence-electron chi connectivity index (χ2n) is 10.2. The van der Waals surface area contributed by atoms with Crippen molar-refractivity contribution in [3.05, 3.63) is 112 Å². The maximum absolute atomic E-state index is 13.5. The number of nitrogens with zero attached hydrogens (tertiary/aromatic N) is 7. The first-order valence-electron chi connectivity index (χ1n) is 14.0. The molecule has 0 unspecified atom stereocenters. The van der Waals surface area contributed by atoms with Crippen molar-refractivity contribution >= 4 is 62.4 Å². The summed E-state index contributed by atoms with van der Waals surface area (Å²) in [5.41, 5.74) is -0.0910. The number of rotatable bonds is 9. The quantitative estimate of drug-likeness (QED) is 0.0645. The second-order valence-corrected chi connectivity index (χ2v) is 11.0. The van der Waals surface area contributed by atoms with Crippen molar-refractivity contribution in [3.63, 3.8) is 0 Å². The molecule has 0 aliphatic heterocycles. The van der Waals surface area contributed by atoms with E-state index in [0.717, 1.165) is 9.95 Å². The first-order valence-corrected chi connectivity index (χ1v) is 14.8. The van der Waals surface area contributed by atoms with E-state index in [-0.39, 0.29) is 85.0 Å². The molecule has 0 saturated heterocycles. The van der Waals surface area contributed by atoms with Gasteiger partial charge in [-0.05, 0) is 66.9 Å². The summed E-state index contributed by atoms with van der Waals surface area (Å²) < 4.78 is 5.34. The van der Waals surface area contributed by atoms with E-state index < -0.39 is 17.4 Å². The molecule has 0 amide bonds. The molecule has 2 heterocycles. The number of hydrogen-bond acceptors (Lipinski definition) is 14. The smallest absolute Gasteiger partial charge is 0.691 e. The molecule has 50 heavy (non-hydrogen) atoms. The maximum Gasteiger partial charge on any atom is 1.00 e. The number of carboxylic acid groups (broad SMARTS) is 1. The number of para-hydroxylation sites is 1. The van der Waals surface area contributed by atoms with Gasteiger partial charge in [0.2, 0.25) is 5.88 Å². The van der Waals surface area contributed by atoms with Crippen LogP contribution in [0.3, 0.4) is 0 Å². The molecule has 0 radical (unpaired) electrons. The normalized spacial score (nSPS) is 11.3. The number of benzene rings is 4. The number of carbonyl (C=O) groups is 1. The van der Waals surface area contributed by atoms with Crippen molar-refractivity contribution in [2.75, 3.05) is 0 Å². The first-order chi connectivity index (χ1) is 23.7. The van der Waals surface area contributed by atoms with E-state index >= 15 is 0 Å². The summed E-state index contributed by atoms with van der Waals surface area (Å²) in [7, 11) is 0. The largest absolute Gasteiger partial charge is 1.00 e. The zero-order chi connectivity index (χ0) is 34.7. The Labute approximate surface area is 307 Å². The van der Waals surface area contributed by atoms with Gasteiger partial charge in [0.05, 0.1) is 39.4 Å². The fourth-order valence-corrected chi connectivity index (χ4v) is 5.48. The van der Waals surface area contributed by atoms with Crippen molar-refractivity contribution in [3.8, 4) is 23.4 Å². The van der Waals surface area contributed by atoms with Crippen molar-refractivity contribution in [2.24, 2.45) is 20.5 Å². The van der Waals surface area contributed by atoms with Gasteiger partial charge in [0.15, 0.2) is 11.4 Å². The van der Waals surface area contributed by atoms with Crippen LogP contribution in [0.15, 0.2) is 115 Å². The van der Waals surface area contributed by atoms with E-state index in [0.29, 0.717) is 28.6 Å². The predicted molar refractivity (Wildman–Crippen MR) is 174 cm³/mol. The number of carboxylic acids is 1. The minimum absolute atomic E-state index is 0. The zero-order valence-electron chi connectivity index (χ0n) is 26.0. The van der Waals surface area contributed by atoms with Crippen LogP contribution in [0, 0.1) is 18.3 Å². The van der Waals surface area contributed by atoms with E-state index in [4.69, 9.17) is 0 Å². The third-order valence-electron chi connectivity index (χ3n) is 7.38. The van der Waals surface area contributed by atoms with Crippen LogP contribution in [0.4, 0.5) is 22.7 Å². The molecule has 6 rings (SSSR count). The summed E-state index contributed by atoms with van der Waals surface area (Å²) in [4.78, 5) is 29.4. The Kier molecular flexibility index (Phi) is 11.0. The Balaban J connectivity index is 0.00000486. The predicted octanol–water partition coefficient (Wildman–Crippen LogP) is 3.89. The molecule has 0 aliphatic carbocycles. The van der Waals surface area contributed by atoms with Gasteiger partial charge >= 0.3 is 35.5 Å². The fraction of sp³-hybridized carbons (Fsp3) is 0.0303. The molecule has 2 aromatic heterocycles. The number of hydrogen-bond donors (Lipinski definition) is 3. The molecule has 15 nitrogen and oxygen atoms in total. The molecule has 3 N–H and O–H groups in total. The molecule has 17 heteroatoms. The molecule has 0 bridgehead atoms. The van der Waals surface area contributed by atoms with Gasteiger partial charge in [-0.1, -0.05) is 24.3 Å². The summed E-state index contributed by atoms with van der Waals surface area (Å²) in [6, 6.07) is 22.1. The second kappa shape index (κ2) is 15.4. The monoisotopic (exact) mass is 697 g/mol. The SMILES string of the molecule is Cc1c(C#N)c(O)n(-c2ccc(C(=O)O)cc2)c(=O)c1N=Nc1ccc2cc(SOO[O-])c(N=Nc3cccc4cccnc34)c(O)c2c1.[Na+]. The molecule has 0 fully saturated rings. The van der Waals surface area contributed by atoms with Crippen LogP contribution < -0.4 is 40.4 Å². The molecular weight excluding hydrogens is 677 g/mol. The van der Waals surface area contributed by atoms with E-state index in [1.54, 1.807) is 36.5 Å². The molecular formula is C33H20N7NaO8S. The van der Waals surface area contributed by atoms with Crippen molar-refractivity contribution in [2.45, 2.75) is 11.8 Å². The number of pyridine rings is 2. The van der Waals surface area contributed by atoms with Crippen molar-refractivity contribution < 1.29 is 64.3 Å². The average molecular weight is 698 g/mol. The molecule has 4 aromatic carbocycles. The van der Waals surface area contributed by atoms with Gasteiger partial charge < -0.3 is 20.6 Å². The van der Waals surface area contributed by atoms with Gasteiger partial charge in [0.1, 0.15) is 23.0 Å². The van der Waals surface area contributed by atoms with Crippen LogP contribution in [0.2, 0.25) is 0 Å². The van der Waals surface area contributed by atoms with Gasteiger partial charge in [-0.3, -0.25) is 14.8 Å². The third kappa shape index (κ3) is 6.96. The number of aromatic nitrogens is 2. The van der Waals surface area contributed by atoms with Crippen LogP contribution in [-0.2, 0) is 9.37 Å². The van der Waals surface area contributed by atoms with E-state index in [9.17, 15) is 35.4 Å². The van der Waals surface area contributed by atoms with Crippen molar-refractivity contribution in [1.29, 1.82) is 5.26 Å². The number of phenolic OH excluding ortho intramolecular Hbond substituents is 1. The molecule has 6 aromatic rings. The third-order valence-corrected chi connectivity index (χ3v) is 7.99. The summed E-state index contributed by atoms with van der Waals surface area (Å²) in [5.74, 6) is -2.18. The van der Waals surface area contributed by atoms with Crippen molar-refractivity contribution in [1.82, 2.24) is 9.55 Å². The summed E-state index contributed by atoms with van der Waals surface area (Å²) >= 11 is 0.517. The maximum atomic E-state index is 13.5. The summed E-state index contributed by atoms with van der Waals surface area (Å²) in [6.07, 6.45) is 1.61. The van der Waals surface area contributed by atoms with Gasteiger partial charge in [0.25, 0.3) is 5.56 Å². The molecule has 0 aliphatic rings. The number of aromatic carboxylic acids is 1. The van der Waals surface area contributed by atoms with E-state index in [1.165, 1.54) is 43.3 Å². The van der Waals surface area contributed by atoms with Gasteiger partial charge in [-0.2, -0.15) is 14.7 Å². The number of phenols is 1. The zero-order valence-corrected chi connectivity index (χ0v) is 28.8. The number of azo groups is 2. The number of nitriles is 1. The van der Waals surface area contributed by atoms with Crippen LogP contribution in [-0.4, -0.2) is 30.8 Å². The Hall–Kier alpha value is -5.51. The Bertz CT molecular complexity index is 2440. The van der Waals surface area contributed by atoms with Gasteiger partial charge in [0, 0.05) is 22.5 Å². The number of aromatic hydroxyl groups is 2.